The summed E-state index contributed by atoms with van der Waals surface area (Å²) in [5, 5.41) is 3.14. The number of anilines is 2. The van der Waals surface area contributed by atoms with Crippen LogP contribution < -0.4 is 22.2 Å². The summed E-state index contributed by atoms with van der Waals surface area (Å²) in [4.78, 5) is 36.7. The number of hydrogen-bond donors (Lipinski definition) is 2. The summed E-state index contributed by atoms with van der Waals surface area (Å²) in [5.41, 5.74) is 8.15. The van der Waals surface area contributed by atoms with Gasteiger partial charge in [-0.3, -0.25) is 14.2 Å². The number of allylic oxidation sites excluding steroid dienone is 1. The molecular formula is C30H34N8O2. The SMILES string of the molecule is C=CCn1c(=O)c(C=NC(=C)Nc2ccc(CCCN(C)C)cc2)c(N)n1-c1cccc(-n2ccccc2=O)n1. The van der Waals surface area contributed by atoms with Crippen molar-refractivity contribution in [2.24, 2.45) is 4.99 Å². The average Bonchev–Trinajstić information content (AvgIpc) is 3.17. The van der Waals surface area contributed by atoms with Crippen molar-refractivity contribution in [3.8, 4) is 11.6 Å². The summed E-state index contributed by atoms with van der Waals surface area (Å²) in [6.45, 7) is 8.95. The van der Waals surface area contributed by atoms with Crippen molar-refractivity contribution in [1.29, 1.82) is 0 Å². The second-order valence-corrected chi connectivity index (χ2v) is 9.48. The van der Waals surface area contributed by atoms with Crippen LogP contribution in [0.3, 0.4) is 0 Å². The maximum Gasteiger partial charge on any atom is 0.278 e. The zero-order valence-corrected chi connectivity index (χ0v) is 22.8. The first-order chi connectivity index (χ1) is 19.3. The van der Waals surface area contributed by atoms with Crippen molar-refractivity contribution in [1.82, 2.24) is 23.8 Å². The van der Waals surface area contributed by atoms with Crippen molar-refractivity contribution < 1.29 is 0 Å². The number of hydrogen-bond acceptors (Lipinski definition) is 7. The monoisotopic (exact) mass is 538 g/mol. The molecular weight excluding hydrogens is 504 g/mol. The minimum Gasteiger partial charge on any atom is -0.383 e. The number of aryl methyl sites for hydroxylation is 1. The third-order valence-corrected chi connectivity index (χ3v) is 6.18. The van der Waals surface area contributed by atoms with Gasteiger partial charge in [-0.05, 0) is 69.4 Å². The fourth-order valence-corrected chi connectivity index (χ4v) is 4.22. The molecule has 0 radical (unpaired) electrons. The van der Waals surface area contributed by atoms with Gasteiger partial charge in [-0.25, -0.2) is 19.3 Å². The molecule has 3 N–H and O–H groups in total. The first-order valence-corrected chi connectivity index (χ1v) is 12.9. The summed E-state index contributed by atoms with van der Waals surface area (Å²) < 4.78 is 4.32. The molecule has 0 saturated heterocycles. The topological polar surface area (TPSA) is 115 Å². The lowest BCUT2D eigenvalue weighted by Crippen LogP contribution is -2.24. The highest BCUT2D eigenvalue weighted by Crippen LogP contribution is 2.17. The molecule has 0 aliphatic heterocycles. The van der Waals surface area contributed by atoms with Crippen LogP contribution in [-0.2, 0) is 13.0 Å². The van der Waals surface area contributed by atoms with Gasteiger partial charge in [-0.1, -0.05) is 36.9 Å². The zero-order chi connectivity index (χ0) is 28.6. The molecule has 0 aliphatic carbocycles. The number of pyridine rings is 2. The van der Waals surface area contributed by atoms with E-state index in [1.807, 2.05) is 12.1 Å². The maximum absolute atomic E-state index is 13.3. The number of aromatic nitrogens is 4. The number of aliphatic imine (C=N–C) groups is 1. The van der Waals surface area contributed by atoms with Gasteiger partial charge in [-0.2, -0.15) is 0 Å². The Bertz CT molecular complexity index is 1640. The summed E-state index contributed by atoms with van der Waals surface area (Å²) in [7, 11) is 4.14. The van der Waals surface area contributed by atoms with Crippen LogP contribution in [0.25, 0.3) is 11.6 Å². The molecule has 4 aromatic rings. The molecule has 0 fully saturated rings. The average molecular weight is 539 g/mol. The first kappa shape index (κ1) is 28.1. The van der Waals surface area contributed by atoms with Gasteiger partial charge < -0.3 is 16.0 Å². The number of nitrogens with one attached hydrogen (secondary N) is 1. The van der Waals surface area contributed by atoms with E-state index in [-0.39, 0.29) is 29.0 Å². The van der Waals surface area contributed by atoms with Gasteiger partial charge in [0.2, 0.25) is 0 Å². The Morgan fingerprint density at radius 2 is 1.82 bits per heavy atom. The quantitative estimate of drug-likeness (QED) is 0.211. The fraction of sp³-hybridized carbons (Fsp3) is 0.200. The molecule has 10 heteroatoms. The largest absolute Gasteiger partial charge is 0.383 e. The minimum absolute atomic E-state index is 0.149. The van der Waals surface area contributed by atoms with Crippen molar-refractivity contribution >= 4 is 17.7 Å². The highest BCUT2D eigenvalue weighted by atomic mass is 16.1. The molecule has 0 atom stereocenters. The van der Waals surface area contributed by atoms with E-state index in [1.165, 1.54) is 31.8 Å². The molecule has 0 bridgehead atoms. The number of nitrogens with two attached hydrogens (primary N) is 1. The smallest absolute Gasteiger partial charge is 0.278 e. The number of nitrogen functional groups attached to an aromatic ring is 1. The Morgan fingerprint density at radius 1 is 1.07 bits per heavy atom. The molecule has 0 spiro atoms. The standard InChI is InChI=1S/C30H34N8O2/c1-5-18-37-30(40)25(21-32-22(2)33-24-16-14-23(15-17-24)10-9-19-35(3)4)29(31)38(37)27-12-8-11-26(34-27)36-20-7-6-13-28(36)39/h5-8,11-17,20-21,33H,1-2,9-10,18-19,31H2,3-4H3. The molecule has 40 heavy (non-hydrogen) atoms. The van der Waals surface area contributed by atoms with Crippen LogP contribution in [0, 0.1) is 0 Å². The Hall–Kier alpha value is -4.96. The highest BCUT2D eigenvalue weighted by molar-refractivity contribution is 5.86. The van der Waals surface area contributed by atoms with Gasteiger partial charge in [0.05, 0.1) is 6.54 Å². The van der Waals surface area contributed by atoms with Gasteiger partial charge in [0.15, 0.2) is 5.82 Å². The van der Waals surface area contributed by atoms with E-state index in [0.29, 0.717) is 17.5 Å². The Labute approximate surface area is 233 Å². The molecule has 3 aromatic heterocycles. The van der Waals surface area contributed by atoms with Crippen LogP contribution in [0.5, 0.6) is 0 Å². The second-order valence-electron chi connectivity index (χ2n) is 9.48. The fourth-order valence-electron chi connectivity index (χ4n) is 4.22. The van der Waals surface area contributed by atoms with Crippen LogP contribution >= 0.6 is 0 Å². The maximum atomic E-state index is 13.3. The van der Waals surface area contributed by atoms with Crippen molar-refractivity contribution in [3.05, 3.63) is 124 Å². The van der Waals surface area contributed by atoms with Gasteiger partial charge in [0, 0.05) is 24.2 Å². The normalized spacial score (nSPS) is 11.3. The molecule has 0 aliphatic rings. The lowest BCUT2D eigenvalue weighted by molar-refractivity contribution is 0.400. The zero-order valence-electron chi connectivity index (χ0n) is 22.8. The van der Waals surface area contributed by atoms with E-state index in [9.17, 15) is 9.59 Å². The minimum atomic E-state index is -0.361. The van der Waals surface area contributed by atoms with Crippen molar-refractivity contribution in [2.45, 2.75) is 19.4 Å². The number of benzene rings is 1. The van der Waals surface area contributed by atoms with Gasteiger partial charge in [0.1, 0.15) is 23.0 Å². The molecule has 4 rings (SSSR count). The molecule has 10 nitrogen and oxygen atoms in total. The van der Waals surface area contributed by atoms with Crippen LogP contribution in [0.4, 0.5) is 11.5 Å². The van der Waals surface area contributed by atoms with Crippen molar-refractivity contribution in [2.75, 3.05) is 31.7 Å². The predicted molar refractivity (Wildman–Crippen MR) is 162 cm³/mol. The third-order valence-electron chi connectivity index (χ3n) is 6.18. The van der Waals surface area contributed by atoms with Gasteiger partial charge in [0.25, 0.3) is 11.1 Å². The van der Waals surface area contributed by atoms with E-state index in [4.69, 9.17) is 5.73 Å². The molecule has 3 heterocycles. The highest BCUT2D eigenvalue weighted by Gasteiger charge is 2.18. The molecule has 0 saturated carbocycles. The Morgan fingerprint density at radius 3 is 2.52 bits per heavy atom. The number of rotatable bonds is 12. The summed E-state index contributed by atoms with van der Waals surface area (Å²) in [5.74, 6) is 1.26. The third kappa shape index (κ3) is 6.54. The van der Waals surface area contributed by atoms with E-state index in [0.717, 1.165) is 25.1 Å². The van der Waals surface area contributed by atoms with E-state index >= 15 is 0 Å². The van der Waals surface area contributed by atoms with Gasteiger partial charge in [-0.15, -0.1) is 6.58 Å². The van der Waals surface area contributed by atoms with E-state index in [2.05, 4.69) is 59.6 Å². The Balaban J connectivity index is 1.57. The summed E-state index contributed by atoms with van der Waals surface area (Å²) in [6, 6.07) is 18.1. The Kier molecular flexibility index (Phi) is 8.93. The van der Waals surface area contributed by atoms with E-state index < -0.39 is 0 Å². The van der Waals surface area contributed by atoms with Crippen LogP contribution in [0.1, 0.15) is 17.5 Å². The van der Waals surface area contributed by atoms with E-state index in [1.54, 1.807) is 42.6 Å². The van der Waals surface area contributed by atoms with Crippen LogP contribution in [-0.4, -0.2) is 50.7 Å². The number of nitrogens with zero attached hydrogens (tertiary/aromatic N) is 6. The molecule has 0 amide bonds. The van der Waals surface area contributed by atoms with Gasteiger partial charge >= 0.3 is 0 Å². The second kappa shape index (κ2) is 12.7. The van der Waals surface area contributed by atoms with Crippen molar-refractivity contribution in [3.63, 3.8) is 0 Å². The molecule has 0 unspecified atom stereocenters. The lowest BCUT2D eigenvalue weighted by Gasteiger charge is -2.12. The lowest BCUT2D eigenvalue weighted by atomic mass is 10.1. The molecule has 1 aromatic carbocycles. The molecule has 206 valence electrons. The van der Waals surface area contributed by atoms with Crippen LogP contribution in [0.15, 0.2) is 106 Å². The first-order valence-electron chi connectivity index (χ1n) is 12.9. The predicted octanol–water partition coefficient (Wildman–Crippen LogP) is 3.45. The summed E-state index contributed by atoms with van der Waals surface area (Å²) >= 11 is 0. The van der Waals surface area contributed by atoms with Crippen LogP contribution in [0.2, 0.25) is 0 Å². The summed E-state index contributed by atoms with van der Waals surface area (Å²) in [6.07, 6.45) is 6.70.